The first-order valence-corrected chi connectivity index (χ1v) is 14.6. The Kier molecular flexibility index (Phi) is 8.39. The Hall–Kier alpha value is -4.98. The van der Waals surface area contributed by atoms with Crippen molar-refractivity contribution >= 4 is 22.6 Å². The van der Waals surface area contributed by atoms with Crippen LogP contribution in [0.15, 0.2) is 79.0 Å². The van der Waals surface area contributed by atoms with Gasteiger partial charge >= 0.3 is 6.18 Å². The number of fused-ring (bicyclic) bond motifs is 1. The molecule has 0 radical (unpaired) electrons. The average molecular weight is 609 g/mol. The van der Waals surface area contributed by atoms with E-state index in [4.69, 9.17) is 0 Å². The summed E-state index contributed by atoms with van der Waals surface area (Å²) in [6, 6.07) is 20.7. The Labute approximate surface area is 259 Å². The maximum Gasteiger partial charge on any atom is 0.416 e. The number of aromatic nitrogens is 3. The first-order chi connectivity index (χ1) is 21.6. The maximum absolute atomic E-state index is 14.0. The number of hydrogen-bond donors (Lipinski definition) is 2. The number of H-pyrrole nitrogens is 1. The number of likely N-dealkylation sites (N-methyl/N-ethyl adjacent to an activating group) is 1. The number of aryl methyl sites for hydroxylation is 1. The number of pyridine rings is 1. The van der Waals surface area contributed by atoms with Gasteiger partial charge in [0.25, 0.3) is 5.91 Å². The molecule has 0 bridgehead atoms. The molecule has 7 nitrogen and oxygen atoms in total. The second-order valence-electron chi connectivity index (χ2n) is 11.2. The van der Waals surface area contributed by atoms with E-state index in [0.29, 0.717) is 29.9 Å². The maximum atomic E-state index is 14.0. The number of carbonyl (C=O) groups is 1. The third-order valence-electron chi connectivity index (χ3n) is 7.97. The highest BCUT2D eigenvalue weighted by Gasteiger charge is 2.34. The molecule has 0 atom stereocenters. The Bertz CT molecular complexity index is 1920. The summed E-state index contributed by atoms with van der Waals surface area (Å²) < 4.78 is 42.1. The van der Waals surface area contributed by atoms with E-state index in [0.717, 1.165) is 41.4 Å². The summed E-state index contributed by atoms with van der Waals surface area (Å²) in [7, 11) is 2.00. The summed E-state index contributed by atoms with van der Waals surface area (Å²) in [5.74, 6) is 5.73. The van der Waals surface area contributed by atoms with Crippen molar-refractivity contribution in [1.82, 2.24) is 25.0 Å². The Morgan fingerprint density at radius 3 is 2.51 bits per heavy atom. The molecule has 0 aliphatic carbocycles. The molecule has 2 aromatic heterocycles. The molecule has 3 aromatic carbocycles. The molecule has 6 rings (SSSR count). The lowest BCUT2D eigenvalue weighted by Crippen LogP contribution is -2.44. The van der Waals surface area contributed by atoms with Crippen LogP contribution in [-0.4, -0.2) is 64.1 Å². The Morgan fingerprint density at radius 1 is 0.978 bits per heavy atom. The SMILES string of the molecule is Cc1ccc(C(=O)Nc2ccc(CN3CCN(C)CC3)c(C(F)(F)F)c2)cc1C#Cc1cnc2[nH]nc(-c3ccccc3)c2c1. The number of aromatic amines is 1. The van der Waals surface area contributed by atoms with Gasteiger partial charge in [0.15, 0.2) is 5.65 Å². The van der Waals surface area contributed by atoms with Gasteiger partial charge in [0.05, 0.1) is 5.56 Å². The minimum atomic E-state index is -4.55. The summed E-state index contributed by atoms with van der Waals surface area (Å²) in [5, 5.41) is 10.8. The number of carbonyl (C=O) groups excluding carboxylic acids is 1. The van der Waals surface area contributed by atoms with Gasteiger partial charge < -0.3 is 10.2 Å². The van der Waals surface area contributed by atoms with Gasteiger partial charge in [-0.05, 0) is 55.4 Å². The van der Waals surface area contributed by atoms with Crippen LogP contribution >= 0.6 is 0 Å². The number of rotatable bonds is 5. The lowest BCUT2D eigenvalue weighted by Gasteiger charge is -2.33. The van der Waals surface area contributed by atoms with Crippen LogP contribution in [0, 0.1) is 18.8 Å². The van der Waals surface area contributed by atoms with Crippen molar-refractivity contribution in [3.63, 3.8) is 0 Å². The van der Waals surface area contributed by atoms with Crippen molar-refractivity contribution in [3.8, 4) is 23.1 Å². The van der Waals surface area contributed by atoms with E-state index >= 15 is 0 Å². The number of hydrogen-bond acceptors (Lipinski definition) is 5. The molecule has 1 saturated heterocycles. The van der Waals surface area contributed by atoms with Gasteiger partial charge in [0, 0.05) is 72.2 Å². The number of nitrogens with one attached hydrogen (secondary N) is 2. The molecule has 10 heteroatoms. The summed E-state index contributed by atoms with van der Waals surface area (Å²) in [4.78, 5) is 21.8. The van der Waals surface area contributed by atoms with Gasteiger partial charge in [-0.15, -0.1) is 0 Å². The minimum Gasteiger partial charge on any atom is -0.322 e. The number of benzene rings is 3. The van der Waals surface area contributed by atoms with E-state index in [9.17, 15) is 18.0 Å². The van der Waals surface area contributed by atoms with E-state index in [2.05, 4.69) is 37.2 Å². The molecule has 5 aromatic rings. The fourth-order valence-corrected chi connectivity index (χ4v) is 5.33. The zero-order valence-electron chi connectivity index (χ0n) is 24.9. The quantitative estimate of drug-likeness (QED) is 0.228. The van der Waals surface area contributed by atoms with Crippen molar-refractivity contribution in [3.05, 3.63) is 112 Å². The largest absolute Gasteiger partial charge is 0.416 e. The number of piperazine rings is 1. The number of anilines is 1. The molecule has 2 N–H and O–H groups in total. The fraction of sp³-hybridized carbons (Fsp3) is 0.229. The monoisotopic (exact) mass is 608 g/mol. The van der Waals surface area contributed by atoms with Gasteiger partial charge in [-0.3, -0.25) is 14.8 Å². The topological polar surface area (TPSA) is 77.2 Å². The summed E-state index contributed by atoms with van der Waals surface area (Å²) in [5.41, 5.74) is 4.35. The second-order valence-corrected chi connectivity index (χ2v) is 11.2. The van der Waals surface area contributed by atoms with Gasteiger partial charge in [0.2, 0.25) is 0 Å². The minimum absolute atomic E-state index is 0.0800. The van der Waals surface area contributed by atoms with Crippen molar-refractivity contribution in [2.75, 3.05) is 38.5 Å². The van der Waals surface area contributed by atoms with Crippen LogP contribution < -0.4 is 5.32 Å². The number of alkyl halides is 3. The van der Waals surface area contributed by atoms with Gasteiger partial charge in [-0.25, -0.2) is 4.98 Å². The summed E-state index contributed by atoms with van der Waals surface area (Å²) >= 11 is 0. The number of amides is 1. The molecule has 0 saturated carbocycles. The van der Waals surface area contributed by atoms with Crippen molar-refractivity contribution in [1.29, 1.82) is 0 Å². The third kappa shape index (κ3) is 6.90. The van der Waals surface area contributed by atoms with Gasteiger partial charge in [-0.1, -0.05) is 54.3 Å². The molecule has 1 amide bonds. The smallest absolute Gasteiger partial charge is 0.322 e. The zero-order valence-corrected chi connectivity index (χ0v) is 24.9. The molecular formula is C35H31F3N6O. The van der Waals surface area contributed by atoms with Gasteiger partial charge in [-0.2, -0.15) is 18.3 Å². The molecule has 0 unspecified atom stereocenters. The normalized spacial score (nSPS) is 14.2. The Morgan fingerprint density at radius 2 is 1.76 bits per heavy atom. The molecule has 0 spiro atoms. The van der Waals surface area contributed by atoms with E-state index in [1.807, 2.05) is 55.3 Å². The van der Waals surface area contributed by atoms with Crippen LogP contribution in [0.25, 0.3) is 22.3 Å². The van der Waals surface area contributed by atoms with E-state index in [-0.39, 0.29) is 23.4 Å². The molecule has 1 aliphatic heterocycles. The molecule has 1 fully saturated rings. The lowest BCUT2D eigenvalue weighted by molar-refractivity contribution is -0.138. The summed E-state index contributed by atoms with van der Waals surface area (Å²) in [6.07, 6.45) is -2.90. The highest BCUT2D eigenvalue weighted by atomic mass is 19.4. The Balaban J connectivity index is 1.21. The standard InChI is InChI=1S/C35H31F3N6O/c1-23-8-10-27(19-26(23)11-9-24-18-30-32(25-6-4-3-5-7-25)41-42-33(30)39-21-24)34(45)40-29-13-12-28(31(20-29)35(36,37)38)22-44-16-14-43(2)15-17-44/h3-8,10,12-13,18-21H,14-17,22H2,1-2H3,(H,40,45)(H,39,41,42). The van der Waals surface area contributed by atoms with Crippen LogP contribution in [0.2, 0.25) is 0 Å². The van der Waals surface area contributed by atoms with Gasteiger partial charge in [0.1, 0.15) is 5.69 Å². The van der Waals surface area contributed by atoms with Crippen molar-refractivity contribution < 1.29 is 18.0 Å². The van der Waals surface area contributed by atoms with Crippen LogP contribution in [0.1, 0.15) is 38.2 Å². The van der Waals surface area contributed by atoms with Crippen LogP contribution in [0.4, 0.5) is 18.9 Å². The first-order valence-electron chi connectivity index (χ1n) is 14.6. The predicted molar refractivity (Wildman–Crippen MR) is 169 cm³/mol. The fourth-order valence-electron chi connectivity index (χ4n) is 5.33. The molecular weight excluding hydrogens is 577 g/mol. The lowest BCUT2D eigenvalue weighted by atomic mass is 10.0. The van der Waals surface area contributed by atoms with E-state index in [1.165, 1.54) is 12.1 Å². The van der Waals surface area contributed by atoms with Crippen LogP contribution in [0.3, 0.4) is 0 Å². The van der Waals surface area contributed by atoms with Crippen LogP contribution in [-0.2, 0) is 12.7 Å². The van der Waals surface area contributed by atoms with Crippen molar-refractivity contribution in [2.24, 2.45) is 0 Å². The highest BCUT2D eigenvalue weighted by Crippen LogP contribution is 2.35. The predicted octanol–water partition coefficient (Wildman–Crippen LogP) is 6.35. The first kappa shape index (κ1) is 30.1. The molecule has 3 heterocycles. The molecule has 228 valence electrons. The number of nitrogens with zero attached hydrogens (tertiary/aromatic N) is 4. The number of halogens is 3. The van der Waals surface area contributed by atoms with E-state index in [1.54, 1.807) is 24.4 Å². The van der Waals surface area contributed by atoms with Crippen molar-refractivity contribution in [2.45, 2.75) is 19.6 Å². The second kappa shape index (κ2) is 12.6. The third-order valence-corrected chi connectivity index (χ3v) is 7.97. The zero-order chi connectivity index (χ0) is 31.6. The average Bonchev–Trinajstić information content (AvgIpc) is 3.46. The highest BCUT2D eigenvalue weighted by molar-refractivity contribution is 6.04. The molecule has 1 aliphatic rings. The van der Waals surface area contributed by atoms with E-state index < -0.39 is 17.6 Å². The molecule has 45 heavy (non-hydrogen) atoms. The summed E-state index contributed by atoms with van der Waals surface area (Å²) in [6.45, 7) is 5.11. The van der Waals surface area contributed by atoms with Crippen LogP contribution in [0.5, 0.6) is 0 Å².